The van der Waals surface area contributed by atoms with Gasteiger partial charge in [-0.25, -0.2) is 0 Å². The standard InChI is InChI=1S/C18H30N4.HI/c1-5-15-8-10-16(11-9-15)14-22(4)18(19-2)20-13-17-7-6-12-21(17)3;/h8-11,17H,5-7,12-14H2,1-4H3,(H,19,20);1H. The lowest BCUT2D eigenvalue weighted by molar-refractivity contribution is 0.306. The highest BCUT2D eigenvalue weighted by Crippen LogP contribution is 2.13. The first kappa shape index (κ1) is 20.2. The predicted octanol–water partition coefficient (Wildman–Crippen LogP) is 2.97. The normalized spacial score (nSPS) is 18.6. The molecule has 0 amide bonds. The number of aliphatic imine (C=N–C) groups is 1. The van der Waals surface area contributed by atoms with E-state index in [1.54, 1.807) is 0 Å². The van der Waals surface area contributed by atoms with Crippen LogP contribution in [0.1, 0.15) is 30.9 Å². The molecule has 1 aromatic carbocycles. The highest BCUT2D eigenvalue weighted by atomic mass is 127. The first-order valence-electron chi connectivity index (χ1n) is 8.34. The van der Waals surface area contributed by atoms with Gasteiger partial charge in [-0.1, -0.05) is 31.2 Å². The van der Waals surface area contributed by atoms with Gasteiger partial charge in [0.05, 0.1) is 0 Å². The molecule has 0 bridgehead atoms. The molecule has 1 atom stereocenters. The Hall–Kier alpha value is -0.820. The highest BCUT2D eigenvalue weighted by Gasteiger charge is 2.21. The van der Waals surface area contributed by atoms with Crippen molar-refractivity contribution < 1.29 is 0 Å². The second-order valence-electron chi connectivity index (χ2n) is 6.23. The van der Waals surface area contributed by atoms with Crippen molar-refractivity contribution in [3.05, 3.63) is 35.4 Å². The lowest BCUT2D eigenvalue weighted by atomic mass is 10.1. The fraction of sp³-hybridized carbons (Fsp3) is 0.611. The summed E-state index contributed by atoms with van der Waals surface area (Å²) in [5.41, 5.74) is 2.71. The number of nitrogens with zero attached hydrogens (tertiary/aromatic N) is 3. The van der Waals surface area contributed by atoms with E-state index in [9.17, 15) is 0 Å². The second-order valence-corrected chi connectivity index (χ2v) is 6.23. The third kappa shape index (κ3) is 5.95. The van der Waals surface area contributed by atoms with Crippen molar-refractivity contribution in [3.8, 4) is 0 Å². The van der Waals surface area contributed by atoms with E-state index < -0.39 is 0 Å². The van der Waals surface area contributed by atoms with E-state index in [1.807, 2.05) is 7.05 Å². The summed E-state index contributed by atoms with van der Waals surface area (Å²) in [6.45, 7) is 5.25. The molecule has 1 saturated heterocycles. The number of nitrogens with one attached hydrogen (secondary N) is 1. The van der Waals surface area contributed by atoms with Gasteiger partial charge in [-0.05, 0) is 44.0 Å². The Morgan fingerprint density at radius 1 is 1.30 bits per heavy atom. The van der Waals surface area contributed by atoms with Gasteiger partial charge < -0.3 is 15.1 Å². The van der Waals surface area contributed by atoms with Gasteiger partial charge in [0.15, 0.2) is 5.96 Å². The predicted molar refractivity (Wildman–Crippen MR) is 110 cm³/mol. The van der Waals surface area contributed by atoms with Crippen molar-refractivity contribution in [3.63, 3.8) is 0 Å². The Labute approximate surface area is 158 Å². The van der Waals surface area contributed by atoms with Crippen LogP contribution in [-0.2, 0) is 13.0 Å². The van der Waals surface area contributed by atoms with E-state index in [0.717, 1.165) is 25.5 Å². The minimum atomic E-state index is 0. The minimum absolute atomic E-state index is 0. The van der Waals surface area contributed by atoms with Crippen LogP contribution in [0.5, 0.6) is 0 Å². The summed E-state index contributed by atoms with van der Waals surface area (Å²) in [6, 6.07) is 9.49. The highest BCUT2D eigenvalue weighted by molar-refractivity contribution is 14.0. The quantitative estimate of drug-likeness (QED) is 0.443. The van der Waals surface area contributed by atoms with Crippen molar-refractivity contribution in [1.82, 2.24) is 15.1 Å². The number of halogens is 1. The molecular formula is C18H31IN4. The van der Waals surface area contributed by atoms with Crippen molar-refractivity contribution in [2.45, 2.75) is 38.8 Å². The molecular weight excluding hydrogens is 399 g/mol. The molecule has 23 heavy (non-hydrogen) atoms. The van der Waals surface area contributed by atoms with Crippen molar-refractivity contribution in [2.75, 3.05) is 34.2 Å². The summed E-state index contributed by atoms with van der Waals surface area (Å²) in [5.74, 6) is 0.972. The molecule has 130 valence electrons. The molecule has 1 heterocycles. The van der Waals surface area contributed by atoms with Crippen molar-refractivity contribution in [1.29, 1.82) is 0 Å². The van der Waals surface area contributed by atoms with Crippen molar-refractivity contribution >= 4 is 29.9 Å². The van der Waals surface area contributed by atoms with E-state index in [2.05, 4.69) is 65.4 Å². The zero-order chi connectivity index (χ0) is 15.9. The Balaban J connectivity index is 0.00000264. The van der Waals surface area contributed by atoms with Gasteiger partial charge in [0.1, 0.15) is 0 Å². The van der Waals surface area contributed by atoms with E-state index in [4.69, 9.17) is 0 Å². The van der Waals surface area contributed by atoms with Crippen LogP contribution in [0.15, 0.2) is 29.3 Å². The van der Waals surface area contributed by atoms with E-state index >= 15 is 0 Å². The average Bonchev–Trinajstić information content (AvgIpc) is 2.94. The Morgan fingerprint density at radius 3 is 2.48 bits per heavy atom. The Bertz CT molecular complexity index is 486. The van der Waals surface area contributed by atoms with Crippen LogP contribution < -0.4 is 5.32 Å². The van der Waals surface area contributed by atoms with Gasteiger partial charge in [-0.15, -0.1) is 24.0 Å². The molecule has 5 heteroatoms. The third-order valence-corrected chi connectivity index (χ3v) is 4.59. The van der Waals surface area contributed by atoms with Gasteiger partial charge in [0, 0.05) is 33.2 Å². The Morgan fingerprint density at radius 2 is 1.96 bits per heavy atom. The number of hydrogen-bond donors (Lipinski definition) is 1. The number of likely N-dealkylation sites (tertiary alicyclic amines) is 1. The number of hydrogen-bond acceptors (Lipinski definition) is 2. The number of guanidine groups is 1. The number of aryl methyl sites for hydroxylation is 1. The second kappa shape index (κ2) is 10.1. The van der Waals surface area contributed by atoms with E-state index in [0.29, 0.717) is 6.04 Å². The zero-order valence-electron chi connectivity index (χ0n) is 14.9. The van der Waals surface area contributed by atoms with Gasteiger partial charge in [0.25, 0.3) is 0 Å². The molecule has 0 saturated carbocycles. The largest absolute Gasteiger partial charge is 0.355 e. The maximum absolute atomic E-state index is 4.42. The lowest BCUT2D eigenvalue weighted by Gasteiger charge is -2.25. The van der Waals surface area contributed by atoms with Crippen LogP contribution >= 0.6 is 24.0 Å². The molecule has 1 aliphatic heterocycles. The fourth-order valence-corrected chi connectivity index (χ4v) is 3.06. The molecule has 0 aromatic heterocycles. The lowest BCUT2D eigenvalue weighted by Crippen LogP contribution is -2.44. The molecule has 0 aliphatic carbocycles. The van der Waals surface area contributed by atoms with E-state index in [-0.39, 0.29) is 24.0 Å². The first-order valence-corrected chi connectivity index (χ1v) is 8.34. The SMILES string of the molecule is CCc1ccc(CN(C)C(=NC)NCC2CCCN2C)cc1.I. The molecule has 1 aliphatic rings. The van der Waals surface area contributed by atoms with Gasteiger partial charge in [-0.3, -0.25) is 4.99 Å². The fourth-order valence-electron chi connectivity index (χ4n) is 3.06. The number of likely N-dealkylation sites (N-methyl/N-ethyl adjacent to an activating group) is 1. The summed E-state index contributed by atoms with van der Waals surface area (Å²) in [6.07, 6.45) is 3.68. The van der Waals surface area contributed by atoms with Crippen LogP contribution in [0, 0.1) is 0 Å². The summed E-state index contributed by atoms with van der Waals surface area (Å²) in [5, 5.41) is 3.52. The van der Waals surface area contributed by atoms with Gasteiger partial charge >= 0.3 is 0 Å². The smallest absolute Gasteiger partial charge is 0.193 e. The van der Waals surface area contributed by atoms with Crippen LogP contribution in [-0.4, -0.2) is 56.0 Å². The Kier molecular flexibility index (Phi) is 8.91. The number of benzene rings is 1. The molecule has 1 unspecified atom stereocenters. The van der Waals surface area contributed by atoms with Gasteiger partial charge in [-0.2, -0.15) is 0 Å². The summed E-state index contributed by atoms with van der Waals surface area (Å²) in [7, 11) is 6.17. The molecule has 0 spiro atoms. The molecule has 2 rings (SSSR count). The minimum Gasteiger partial charge on any atom is -0.355 e. The van der Waals surface area contributed by atoms with Crippen molar-refractivity contribution in [2.24, 2.45) is 4.99 Å². The monoisotopic (exact) mass is 430 g/mol. The summed E-state index contributed by atoms with van der Waals surface area (Å²) < 4.78 is 0. The van der Waals surface area contributed by atoms with Crippen LogP contribution in [0.4, 0.5) is 0 Å². The maximum Gasteiger partial charge on any atom is 0.193 e. The van der Waals surface area contributed by atoms with Gasteiger partial charge in [0.2, 0.25) is 0 Å². The molecule has 0 radical (unpaired) electrons. The molecule has 1 N–H and O–H groups in total. The first-order chi connectivity index (χ1) is 10.6. The van der Waals surface area contributed by atoms with Crippen LogP contribution in [0.3, 0.4) is 0 Å². The van der Waals surface area contributed by atoms with Crippen LogP contribution in [0.2, 0.25) is 0 Å². The summed E-state index contributed by atoms with van der Waals surface area (Å²) in [4.78, 5) is 9.04. The average molecular weight is 430 g/mol. The third-order valence-electron chi connectivity index (χ3n) is 4.59. The van der Waals surface area contributed by atoms with Crippen LogP contribution in [0.25, 0.3) is 0 Å². The maximum atomic E-state index is 4.42. The molecule has 1 aromatic rings. The number of rotatable bonds is 5. The molecule has 1 fully saturated rings. The van der Waals surface area contributed by atoms with E-state index in [1.165, 1.54) is 30.5 Å². The zero-order valence-corrected chi connectivity index (χ0v) is 17.2. The topological polar surface area (TPSA) is 30.9 Å². The molecule has 4 nitrogen and oxygen atoms in total. The summed E-state index contributed by atoms with van der Waals surface area (Å²) >= 11 is 0.